The first-order chi connectivity index (χ1) is 18.0. The van der Waals surface area contributed by atoms with Crippen molar-refractivity contribution in [1.29, 1.82) is 0 Å². The lowest BCUT2D eigenvalue weighted by molar-refractivity contribution is -0.303. The topological polar surface area (TPSA) is 92.3 Å². The molecule has 202 valence electrons. The third kappa shape index (κ3) is 5.59. The molecule has 6 nitrogen and oxygen atoms in total. The molecule has 0 saturated heterocycles. The smallest absolute Gasteiger partial charge is 0.405 e. The Balaban J connectivity index is 1.51. The maximum absolute atomic E-state index is 13.0. The number of benzene rings is 2. The number of aliphatic hydroxyl groups is 1. The summed E-state index contributed by atoms with van der Waals surface area (Å²) in [4.78, 5) is 7.86. The van der Waals surface area contributed by atoms with Crippen molar-refractivity contribution in [2.24, 2.45) is 5.92 Å². The quantitative estimate of drug-likeness (QED) is 0.303. The fourth-order valence-corrected chi connectivity index (χ4v) is 7.02. The summed E-state index contributed by atoms with van der Waals surface area (Å²) in [5, 5.41) is 10.3. The summed E-state index contributed by atoms with van der Waals surface area (Å²) in [5.41, 5.74) is 1.75. The number of H-pyrrole nitrogens is 1. The molecule has 5 rings (SSSR count). The van der Waals surface area contributed by atoms with E-state index in [0.29, 0.717) is 23.3 Å². The number of halogens is 5. The number of fused-ring (bicyclic) bond motifs is 1. The van der Waals surface area contributed by atoms with Gasteiger partial charge in [0.2, 0.25) is 0 Å². The SMILES string of the molecule is O=S(=O)(CC1CC1)c1ccc(C(CO)c2nc3c(Cl)c(C4=C(OC(F)(F)F)C=CCC4)c(Cl)cc3[nH]2)cc1. The Bertz CT molecular complexity index is 1540. The number of rotatable bonds is 8. The van der Waals surface area contributed by atoms with Gasteiger partial charge in [0.05, 0.1) is 38.7 Å². The number of sulfone groups is 1. The number of hydrogen-bond acceptors (Lipinski definition) is 5. The average molecular weight is 587 g/mol. The predicted molar refractivity (Wildman–Crippen MR) is 139 cm³/mol. The van der Waals surface area contributed by atoms with Crippen molar-refractivity contribution in [2.75, 3.05) is 12.4 Å². The number of ether oxygens (including phenoxy) is 1. The molecule has 12 heteroatoms. The lowest BCUT2D eigenvalue weighted by Gasteiger charge is -2.20. The van der Waals surface area contributed by atoms with Crippen molar-refractivity contribution in [3.63, 3.8) is 0 Å². The van der Waals surface area contributed by atoms with Gasteiger partial charge in [-0.25, -0.2) is 13.4 Å². The van der Waals surface area contributed by atoms with Gasteiger partial charge >= 0.3 is 6.36 Å². The molecular weight excluding hydrogens is 564 g/mol. The maximum atomic E-state index is 13.0. The van der Waals surface area contributed by atoms with E-state index in [1.54, 1.807) is 18.2 Å². The molecule has 0 amide bonds. The number of aliphatic hydroxyl groups excluding tert-OH is 1. The number of allylic oxidation sites excluding steroid dienone is 3. The van der Waals surface area contributed by atoms with E-state index in [1.807, 2.05) is 0 Å². The van der Waals surface area contributed by atoms with Gasteiger partial charge in [-0.05, 0) is 61.4 Å². The van der Waals surface area contributed by atoms with Gasteiger partial charge in [-0.2, -0.15) is 0 Å². The van der Waals surface area contributed by atoms with Gasteiger partial charge in [0.15, 0.2) is 9.84 Å². The van der Waals surface area contributed by atoms with Gasteiger partial charge in [-0.15, -0.1) is 13.2 Å². The minimum absolute atomic E-state index is 0.0572. The summed E-state index contributed by atoms with van der Waals surface area (Å²) in [7, 11) is -3.38. The van der Waals surface area contributed by atoms with Crippen LogP contribution in [0.2, 0.25) is 10.0 Å². The van der Waals surface area contributed by atoms with Crippen molar-refractivity contribution >= 4 is 49.6 Å². The summed E-state index contributed by atoms with van der Waals surface area (Å²) < 4.78 is 68.4. The Kier molecular flexibility index (Phi) is 7.28. The van der Waals surface area contributed by atoms with Crippen molar-refractivity contribution in [3.05, 3.63) is 75.2 Å². The van der Waals surface area contributed by atoms with Crippen LogP contribution in [0.1, 0.15) is 48.6 Å². The van der Waals surface area contributed by atoms with Gasteiger partial charge in [0, 0.05) is 11.1 Å². The van der Waals surface area contributed by atoms with E-state index >= 15 is 0 Å². The monoisotopic (exact) mass is 586 g/mol. The van der Waals surface area contributed by atoms with Gasteiger partial charge in [0.25, 0.3) is 0 Å². The lowest BCUT2D eigenvalue weighted by Crippen LogP contribution is -2.14. The average Bonchev–Trinajstić information content (AvgIpc) is 3.55. The first kappa shape index (κ1) is 27.1. The fourth-order valence-electron chi connectivity index (χ4n) is 4.60. The summed E-state index contributed by atoms with van der Waals surface area (Å²) in [6, 6.07) is 7.83. The van der Waals surface area contributed by atoms with Crippen LogP contribution in [0.5, 0.6) is 0 Å². The second kappa shape index (κ2) is 10.2. The first-order valence-electron chi connectivity index (χ1n) is 11.9. The predicted octanol–water partition coefficient (Wildman–Crippen LogP) is 6.78. The lowest BCUT2D eigenvalue weighted by atomic mass is 9.95. The normalized spacial score (nSPS) is 17.3. The summed E-state index contributed by atoms with van der Waals surface area (Å²) in [6.07, 6.45) is 0.506. The molecule has 1 saturated carbocycles. The van der Waals surface area contributed by atoms with Crippen LogP contribution in [-0.2, 0) is 14.6 Å². The molecule has 2 aromatic carbocycles. The molecule has 1 heterocycles. The number of aromatic nitrogens is 2. The highest BCUT2D eigenvalue weighted by Gasteiger charge is 2.34. The van der Waals surface area contributed by atoms with E-state index in [0.717, 1.165) is 12.8 Å². The molecule has 1 aromatic heterocycles. The van der Waals surface area contributed by atoms with Crippen molar-refractivity contribution < 1.29 is 31.4 Å². The zero-order chi connectivity index (χ0) is 27.2. The standard InChI is InChI=1S/C26H23Cl2F3N2O4S/c27-19-11-20-24(23(28)22(19)17-3-1-2-4-21(17)37-26(29,30)31)33-25(32-20)18(12-34)15-7-9-16(10-8-15)38(35,36)13-14-5-6-14/h2,4,7-11,14,18,34H,1,3,5-6,12-13H2,(H,32,33). The van der Waals surface area contributed by atoms with Gasteiger partial charge < -0.3 is 14.8 Å². The molecule has 0 radical (unpaired) electrons. The van der Waals surface area contributed by atoms with Crippen molar-refractivity contribution in [3.8, 4) is 0 Å². The number of hydrogen-bond donors (Lipinski definition) is 2. The molecular formula is C26H23Cl2F3N2O4S. The molecule has 0 bridgehead atoms. The first-order valence-corrected chi connectivity index (χ1v) is 14.3. The third-order valence-corrected chi connectivity index (χ3v) is 9.22. The molecule has 1 unspecified atom stereocenters. The van der Waals surface area contributed by atoms with Gasteiger partial charge in [-0.1, -0.05) is 41.4 Å². The third-order valence-electron chi connectivity index (χ3n) is 6.65. The molecule has 2 aliphatic rings. The number of imidazole rings is 1. The highest BCUT2D eigenvalue weighted by atomic mass is 35.5. The fraction of sp³-hybridized carbons (Fsp3) is 0.346. The van der Waals surface area contributed by atoms with E-state index < -0.39 is 22.1 Å². The number of alkyl halides is 3. The Morgan fingerprint density at radius 1 is 1.18 bits per heavy atom. The molecule has 2 N–H and O–H groups in total. The molecule has 0 spiro atoms. The van der Waals surface area contributed by atoms with E-state index in [9.17, 15) is 26.7 Å². The van der Waals surface area contributed by atoms with Crippen LogP contribution in [0, 0.1) is 5.92 Å². The molecule has 0 aliphatic heterocycles. The summed E-state index contributed by atoms with van der Waals surface area (Å²) in [5.74, 6) is -0.327. The van der Waals surface area contributed by atoms with Crippen LogP contribution in [-0.4, -0.2) is 42.2 Å². The van der Waals surface area contributed by atoms with Crippen LogP contribution in [0.15, 0.2) is 53.1 Å². The highest BCUT2D eigenvalue weighted by Crippen LogP contribution is 2.43. The highest BCUT2D eigenvalue weighted by molar-refractivity contribution is 7.91. The van der Waals surface area contributed by atoms with E-state index in [1.165, 1.54) is 24.3 Å². The Morgan fingerprint density at radius 3 is 2.53 bits per heavy atom. The minimum atomic E-state index is -4.88. The zero-order valence-corrected chi connectivity index (χ0v) is 22.2. The minimum Gasteiger partial charge on any atom is -0.405 e. The Labute approximate surface area is 227 Å². The second-order valence-electron chi connectivity index (χ2n) is 9.43. The molecule has 3 aromatic rings. The van der Waals surface area contributed by atoms with Crippen LogP contribution in [0.25, 0.3) is 16.6 Å². The molecule has 2 aliphatic carbocycles. The summed E-state index contributed by atoms with van der Waals surface area (Å²) >= 11 is 13.1. The van der Waals surface area contributed by atoms with E-state index in [4.69, 9.17) is 23.2 Å². The van der Waals surface area contributed by atoms with Gasteiger partial charge in [0.1, 0.15) is 17.1 Å². The number of aromatic amines is 1. The maximum Gasteiger partial charge on any atom is 0.573 e. The molecule has 1 atom stereocenters. The number of nitrogens with one attached hydrogen (secondary N) is 1. The second-order valence-corrected chi connectivity index (χ2v) is 12.2. The Hall–Kier alpha value is -2.53. The zero-order valence-electron chi connectivity index (χ0n) is 19.9. The van der Waals surface area contributed by atoms with Crippen molar-refractivity contribution in [2.45, 2.75) is 42.9 Å². The molecule has 1 fully saturated rings. The van der Waals surface area contributed by atoms with Crippen LogP contribution < -0.4 is 0 Å². The van der Waals surface area contributed by atoms with Crippen molar-refractivity contribution in [1.82, 2.24) is 9.97 Å². The van der Waals surface area contributed by atoms with E-state index in [-0.39, 0.29) is 62.1 Å². The Morgan fingerprint density at radius 2 is 1.89 bits per heavy atom. The van der Waals surface area contributed by atoms with Crippen LogP contribution >= 0.6 is 23.2 Å². The van der Waals surface area contributed by atoms with Crippen LogP contribution in [0.4, 0.5) is 13.2 Å². The summed E-state index contributed by atoms with van der Waals surface area (Å²) in [6.45, 7) is -0.342. The molecule has 38 heavy (non-hydrogen) atoms. The van der Waals surface area contributed by atoms with E-state index in [2.05, 4.69) is 14.7 Å². The largest absolute Gasteiger partial charge is 0.573 e. The van der Waals surface area contributed by atoms with Gasteiger partial charge in [-0.3, -0.25) is 0 Å². The van der Waals surface area contributed by atoms with Crippen LogP contribution in [0.3, 0.4) is 0 Å². The number of nitrogens with zero attached hydrogens (tertiary/aromatic N) is 1.